The first kappa shape index (κ1) is 15.7. The van der Waals surface area contributed by atoms with Gasteiger partial charge in [0.05, 0.1) is 10.0 Å². The normalized spacial score (nSPS) is 13.6. The maximum atomic E-state index is 12.1. The van der Waals surface area contributed by atoms with Crippen molar-refractivity contribution in [2.45, 2.75) is 30.7 Å². The van der Waals surface area contributed by atoms with Crippen molar-refractivity contribution in [1.82, 2.24) is 4.72 Å². The lowest BCUT2D eigenvalue weighted by atomic mass is 10.2. The molecule has 102 valence electrons. The van der Waals surface area contributed by atoms with E-state index in [-0.39, 0.29) is 27.6 Å². The van der Waals surface area contributed by atoms with Crippen LogP contribution in [0.15, 0.2) is 23.1 Å². The van der Waals surface area contributed by atoms with Crippen LogP contribution in [0, 0.1) is 0 Å². The van der Waals surface area contributed by atoms with Gasteiger partial charge in [0.2, 0.25) is 10.0 Å². The van der Waals surface area contributed by atoms with E-state index in [1.807, 2.05) is 6.92 Å². The van der Waals surface area contributed by atoms with Crippen molar-refractivity contribution in [3.63, 3.8) is 0 Å². The second-order valence-corrected chi connectivity index (χ2v) is 6.26. The van der Waals surface area contributed by atoms with Gasteiger partial charge < -0.3 is 5.11 Å². The highest BCUT2D eigenvalue weighted by Gasteiger charge is 2.22. The first-order valence-corrected chi connectivity index (χ1v) is 7.73. The summed E-state index contributed by atoms with van der Waals surface area (Å²) >= 11 is 11.7. The van der Waals surface area contributed by atoms with Crippen LogP contribution >= 0.6 is 23.2 Å². The van der Waals surface area contributed by atoms with Crippen LogP contribution in [0.25, 0.3) is 0 Å². The molecule has 18 heavy (non-hydrogen) atoms. The summed E-state index contributed by atoms with van der Waals surface area (Å²) in [5.74, 6) is 0. The molecule has 0 aliphatic heterocycles. The minimum Gasteiger partial charge on any atom is -0.396 e. The molecule has 7 heteroatoms. The summed E-state index contributed by atoms with van der Waals surface area (Å²) in [7, 11) is -3.72. The average molecular weight is 312 g/mol. The Labute approximate surface area is 117 Å². The Kier molecular flexibility index (Phi) is 5.88. The minimum absolute atomic E-state index is 0.00511. The Morgan fingerprint density at radius 2 is 2.06 bits per heavy atom. The minimum atomic E-state index is -3.72. The number of aliphatic hydroxyl groups excluding tert-OH is 1. The Balaban J connectivity index is 3.03. The molecule has 0 heterocycles. The van der Waals surface area contributed by atoms with Gasteiger partial charge in [-0.15, -0.1) is 0 Å². The summed E-state index contributed by atoms with van der Waals surface area (Å²) in [5, 5.41) is 9.05. The third-order valence-electron chi connectivity index (χ3n) is 2.50. The van der Waals surface area contributed by atoms with E-state index in [1.165, 1.54) is 18.2 Å². The Morgan fingerprint density at radius 1 is 1.39 bits per heavy atom. The lowest BCUT2D eigenvalue weighted by molar-refractivity contribution is 0.270. The molecule has 1 aromatic rings. The van der Waals surface area contributed by atoms with Crippen molar-refractivity contribution in [3.05, 3.63) is 28.2 Å². The van der Waals surface area contributed by atoms with Gasteiger partial charge in [0.1, 0.15) is 4.90 Å². The standard InChI is InChI=1S/C11H15Cl2NO3S/c1-2-8(6-7-15)14-18(16,17)10-5-3-4-9(12)11(10)13/h3-5,8,14-15H,2,6-7H2,1H3. The molecule has 0 spiro atoms. The molecule has 0 fully saturated rings. The van der Waals surface area contributed by atoms with Gasteiger partial charge in [0, 0.05) is 12.6 Å². The fourth-order valence-electron chi connectivity index (χ4n) is 1.48. The molecule has 2 N–H and O–H groups in total. The van der Waals surface area contributed by atoms with Crippen molar-refractivity contribution >= 4 is 33.2 Å². The highest BCUT2D eigenvalue weighted by atomic mass is 35.5. The van der Waals surface area contributed by atoms with E-state index in [2.05, 4.69) is 4.72 Å². The molecule has 1 atom stereocenters. The molecule has 1 unspecified atom stereocenters. The topological polar surface area (TPSA) is 66.4 Å². The Morgan fingerprint density at radius 3 is 2.61 bits per heavy atom. The zero-order valence-corrected chi connectivity index (χ0v) is 12.2. The number of rotatable bonds is 6. The molecule has 1 aromatic carbocycles. The SMILES string of the molecule is CCC(CCO)NS(=O)(=O)c1cccc(Cl)c1Cl. The van der Waals surface area contributed by atoms with Gasteiger partial charge in [-0.05, 0) is 25.0 Å². The lowest BCUT2D eigenvalue weighted by Gasteiger charge is -2.16. The molecule has 0 aromatic heterocycles. The van der Waals surface area contributed by atoms with Crippen LogP contribution in [0.4, 0.5) is 0 Å². The zero-order chi connectivity index (χ0) is 13.8. The third kappa shape index (κ3) is 3.83. The predicted molar refractivity (Wildman–Crippen MR) is 72.6 cm³/mol. The van der Waals surface area contributed by atoms with Crippen LogP contribution in [0.5, 0.6) is 0 Å². The van der Waals surface area contributed by atoms with Crippen molar-refractivity contribution in [2.75, 3.05) is 6.61 Å². The van der Waals surface area contributed by atoms with Gasteiger partial charge in [0.15, 0.2) is 0 Å². The van der Waals surface area contributed by atoms with Gasteiger partial charge in [-0.2, -0.15) is 0 Å². The van der Waals surface area contributed by atoms with Crippen LogP contribution in [0.1, 0.15) is 19.8 Å². The number of hydrogen-bond acceptors (Lipinski definition) is 3. The molecule has 0 bridgehead atoms. The second-order valence-electron chi connectivity index (χ2n) is 3.79. The van der Waals surface area contributed by atoms with Gasteiger partial charge in [-0.3, -0.25) is 0 Å². The summed E-state index contributed by atoms with van der Waals surface area (Å²) in [6.45, 7) is 1.76. The number of hydrogen-bond donors (Lipinski definition) is 2. The van der Waals surface area contributed by atoms with Crippen LogP contribution in [-0.4, -0.2) is 26.2 Å². The second kappa shape index (κ2) is 6.73. The molecule has 1 rings (SSSR count). The fraction of sp³-hybridized carbons (Fsp3) is 0.455. The molecule has 4 nitrogen and oxygen atoms in total. The maximum Gasteiger partial charge on any atom is 0.242 e. The highest BCUT2D eigenvalue weighted by molar-refractivity contribution is 7.89. The lowest BCUT2D eigenvalue weighted by Crippen LogP contribution is -2.35. The smallest absolute Gasteiger partial charge is 0.242 e. The van der Waals surface area contributed by atoms with Crippen LogP contribution in [-0.2, 0) is 10.0 Å². The van der Waals surface area contributed by atoms with E-state index in [4.69, 9.17) is 28.3 Å². The monoisotopic (exact) mass is 311 g/mol. The summed E-state index contributed by atoms with van der Waals surface area (Å²) < 4.78 is 26.7. The fourth-order valence-corrected chi connectivity index (χ4v) is 3.59. The molecular formula is C11H15Cl2NO3S. The molecule has 0 amide bonds. The van der Waals surface area contributed by atoms with Crippen molar-refractivity contribution in [2.24, 2.45) is 0 Å². The van der Waals surface area contributed by atoms with E-state index in [1.54, 1.807) is 0 Å². The van der Waals surface area contributed by atoms with Gasteiger partial charge in [0.25, 0.3) is 0 Å². The molecule has 0 aliphatic rings. The van der Waals surface area contributed by atoms with Crippen LogP contribution < -0.4 is 4.72 Å². The van der Waals surface area contributed by atoms with Gasteiger partial charge in [-0.25, -0.2) is 13.1 Å². The number of nitrogens with one attached hydrogen (secondary N) is 1. The van der Waals surface area contributed by atoms with E-state index >= 15 is 0 Å². The Hall–Kier alpha value is -0.330. The highest BCUT2D eigenvalue weighted by Crippen LogP contribution is 2.29. The molecule has 0 radical (unpaired) electrons. The Bertz CT molecular complexity index is 505. The molecule has 0 saturated carbocycles. The summed E-state index contributed by atoms with van der Waals surface area (Å²) in [5.41, 5.74) is 0. The van der Waals surface area contributed by atoms with Crippen molar-refractivity contribution in [1.29, 1.82) is 0 Å². The predicted octanol–water partition coefficient (Wildman–Crippen LogP) is 2.43. The van der Waals surface area contributed by atoms with Crippen molar-refractivity contribution < 1.29 is 13.5 Å². The summed E-state index contributed by atoms with van der Waals surface area (Å²) in [6, 6.07) is 4.11. The first-order chi connectivity index (χ1) is 8.42. The largest absolute Gasteiger partial charge is 0.396 e. The maximum absolute atomic E-state index is 12.1. The number of benzene rings is 1. The van der Waals surface area contributed by atoms with Crippen molar-refractivity contribution in [3.8, 4) is 0 Å². The average Bonchev–Trinajstić information content (AvgIpc) is 2.31. The molecular weight excluding hydrogens is 297 g/mol. The van der Waals surface area contributed by atoms with E-state index < -0.39 is 10.0 Å². The van der Waals surface area contributed by atoms with E-state index in [0.717, 1.165) is 0 Å². The van der Waals surface area contributed by atoms with Gasteiger partial charge in [-0.1, -0.05) is 36.2 Å². The summed E-state index contributed by atoms with van der Waals surface area (Å²) in [6.07, 6.45) is 0.936. The summed E-state index contributed by atoms with van der Waals surface area (Å²) in [4.78, 5) is -0.0481. The van der Waals surface area contributed by atoms with E-state index in [0.29, 0.717) is 12.8 Å². The molecule has 0 saturated heterocycles. The van der Waals surface area contributed by atoms with E-state index in [9.17, 15) is 8.42 Å². The van der Waals surface area contributed by atoms with Crippen LogP contribution in [0.2, 0.25) is 10.0 Å². The third-order valence-corrected chi connectivity index (χ3v) is 4.99. The number of sulfonamides is 1. The zero-order valence-electron chi connectivity index (χ0n) is 9.86. The molecule has 0 aliphatic carbocycles. The van der Waals surface area contributed by atoms with Gasteiger partial charge >= 0.3 is 0 Å². The number of aliphatic hydroxyl groups is 1. The number of halogens is 2. The first-order valence-electron chi connectivity index (χ1n) is 5.49. The van der Waals surface area contributed by atoms with Crippen LogP contribution in [0.3, 0.4) is 0 Å². The quantitative estimate of drug-likeness (QED) is 0.848.